The van der Waals surface area contributed by atoms with E-state index in [-0.39, 0.29) is 86.8 Å². The monoisotopic (exact) mass is 210 g/mol. The minimum absolute atomic E-state index is 0. The van der Waals surface area contributed by atoms with Crippen LogP contribution in [0.4, 0.5) is 0 Å². The smallest absolute Gasteiger partial charge is 0 e. The molecule has 0 nitrogen and oxygen atoms in total. The predicted molar refractivity (Wildman–Crippen MR) is 11.5 cm³/mol. The molecule has 0 aliphatic carbocycles. The summed E-state index contributed by atoms with van der Waals surface area (Å²) in [7, 11) is 0. The maximum Gasteiger partial charge on any atom is 0 e. The van der Waals surface area contributed by atoms with E-state index in [9.17, 15) is 0 Å². The zero-order chi connectivity index (χ0) is 0. The third-order valence-electron chi connectivity index (χ3n) is 0. The second-order valence-corrected chi connectivity index (χ2v) is 0. The standard InChI is InChI=1S/2Al.3Cr. The van der Waals surface area contributed by atoms with Gasteiger partial charge in [-0.2, -0.15) is 0 Å². The van der Waals surface area contributed by atoms with Crippen molar-refractivity contribution >= 4 is 34.7 Å². The first-order chi connectivity index (χ1) is 0. The zero-order valence-corrected chi connectivity index (χ0v) is 8.51. The average Bonchev–Trinajstić information content (AvgIpc) is 0. The summed E-state index contributed by atoms with van der Waals surface area (Å²) in [6.07, 6.45) is 0. The van der Waals surface area contributed by atoms with Crippen LogP contribution in [0, 0.1) is 0 Å². The summed E-state index contributed by atoms with van der Waals surface area (Å²) in [5.41, 5.74) is 0. The summed E-state index contributed by atoms with van der Waals surface area (Å²) < 4.78 is 0. The third kappa shape index (κ3) is 20.4. The summed E-state index contributed by atoms with van der Waals surface area (Å²) in [4.78, 5) is 0. The molecule has 0 bridgehead atoms. The average molecular weight is 210 g/mol. The largest absolute Gasteiger partial charge is 0 e. The molecule has 0 amide bonds. The van der Waals surface area contributed by atoms with Crippen molar-refractivity contribution in [3.8, 4) is 0 Å². The van der Waals surface area contributed by atoms with Gasteiger partial charge in [0.2, 0.25) is 0 Å². The molecule has 24 valence electrons. The molecule has 0 aromatic heterocycles. The maximum atomic E-state index is 0. The molecule has 0 N–H and O–H groups in total. The summed E-state index contributed by atoms with van der Waals surface area (Å²) in [5.74, 6) is 0. The molecule has 5 heavy (non-hydrogen) atoms. The molecule has 0 unspecified atom stereocenters. The van der Waals surface area contributed by atoms with E-state index in [2.05, 4.69) is 0 Å². The molecule has 0 saturated carbocycles. The summed E-state index contributed by atoms with van der Waals surface area (Å²) in [6.45, 7) is 0. The molecule has 0 fully saturated rings. The van der Waals surface area contributed by atoms with Gasteiger partial charge in [0, 0.05) is 86.8 Å². The number of rotatable bonds is 0. The molecule has 0 heterocycles. The van der Waals surface area contributed by atoms with Gasteiger partial charge in [0.1, 0.15) is 0 Å². The Labute approximate surface area is 85.7 Å². The van der Waals surface area contributed by atoms with Gasteiger partial charge in [0.25, 0.3) is 0 Å². The molecule has 0 atom stereocenters. The van der Waals surface area contributed by atoms with Crippen LogP contribution in [0.5, 0.6) is 0 Å². The van der Waals surface area contributed by atoms with Crippen molar-refractivity contribution < 1.29 is 52.1 Å². The topological polar surface area (TPSA) is 0 Å². The Morgan fingerprint density at radius 1 is 0.400 bits per heavy atom. The Morgan fingerprint density at radius 2 is 0.400 bits per heavy atom. The van der Waals surface area contributed by atoms with E-state index in [4.69, 9.17) is 0 Å². The van der Waals surface area contributed by atoms with Crippen molar-refractivity contribution in [3.05, 3.63) is 0 Å². The molecule has 0 spiro atoms. The van der Waals surface area contributed by atoms with Crippen LogP contribution in [0.1, 0.15) is 0 Å². The fourth-order valence-corrected chi connectivity index (χ4v) is 0. The fraction of sp³-hybridized carbons (Fsp3) is 0. The van der Waals surface area contributed by atoms with Crippen molar-refractivity contribution in [1.82, 2.24) is 0 Å². The van der Waals surface area contributed by atoms with Crippen molar-refractivity contribution in [3.63, 3.8) is 0 Å². The quantitative estimate of drug-likeness (QED) is 0.460. The summed E-state index contributed by atoms with van der Waals surface area (Å²) in [5, 5.41) is 0. The van der Waals surface area contributed by atoms with Crippen molar-refractivity contribution in [2.45, 2.75) is 0 Å². The van der Waals surface area contributed by atoms with E-state index in [1.807, 2.05) is 0 Å². The second kappa shape index (κ2) is 30.1. The van der Waals surface area contributed by atoms with Crippen LogP contribution in [-0.4, -0.2) is 34.7 Å². The van der Waals surface area contributed by atoms with Crippen LogP contribution in [0.2, 0.25) is 0 Å². The van der Waals surface area contributed by atoms with E-state index in [1.54, 1.807) is 0 Å². The van der Waals surface area contributed by atoms with Gasteiger partial charge in [-0.3, -0.25) is 0 Å². The Kier molecular flexibility index (Phi) is 289. The molecule has 0 aliphatic heterocycles. The van der Waals surface area contributed by atoms with Crippen LogP contribution in [0.3, 0.4) is 0 Å². The minimum atomic E-state index is 0. The van der Waals surface area contributed by atoms with Crippen LogP contribution in [0.15, 0.2) is 0 Å². The van der Waals surface area contributed by atoms with Crippen LogP contribution < -0.4 is 0 Å². The normalized spacial score (nSPS) is 0. The van der Waals surface area contributed by atoms with E-state index >= 15 is 0 Å². The molecular weight excluding hydrogens is 210 g/mol. The Bertz CT molecular complexity index is 4.85. The predicted octanol–water partition coefficient (Wildman–Crippen LogP) is -0.769. The van der Waals surface area contributed by atoms with Gasteiger partial charge in [0.05, 0.1) is 0 Å². The third-order valence-corrected chi connectivity index (χ3v) is 0. The molecular formula is Al2Cr3. The van der Waals surface area contributed by atoms with Crippen LogP contribution in [-0.2, 0) is 52.1 Å². The van der Waals surface area contributed by atoms with E-state index in [1.165, 1.54) is 0 Å². The zero-order valence-electron chi connectivity index (χ0n) is 2.38. The molecule has 0 aliphatic rings. The van der Waals surface area contributed by atoms with E-state index in [0.717, 1.165) is 0 Å². The molecule has 5 heteroatoms. The van der Waals surface area contributed by atoms with Gasteiger partial charge in [0.15, 0.2) is 0 Å². The molecule has 0 saturated heterocycles. The summed E-state index contributed by atoms with van der Waals surface area (Å²) in [6, 6.07) is 0. The molecule has 0 aromatic rings. The van der Waals surface area contributed by atoms with E-state index in [0.29, 0.717) is 0 Å². The second-order valence-electron chi connectivity index (χ2n) is 0. The SMILES string of the molecule is [Al].[Al].[Cr].[Cr].[Cr]. The van der Waals surface area contributed by atoms with Gasteiger partial charge < -0.3 is 0 Å². The molecule has 0 rings (SSSR count). The van der Waals surface area contributed by atoms with Gasteiger partial charge in [-0.05, 0) is 0 Å². The van der Waals surface area contributed by atoms with Crippen LogP contribution >= 0.6 is 0 Å². The van der Waals surface area contributed by atoms with E-state index < -0.39 is 0 Å². The molecule has 6 radical (unpaired) electrons. The van der Waals surface area contributed by atoms with Gasteiger partial charge in [-0.15, -0.1) is 0 Å². The van der Waals surface area contributed by atoms with Crippen molar-refractivity contribution in [2.75, 3.05) is 0 Å². The Balaban J connectivity index is 0. The van der Waals surface area contributed by atoms with Gasteiger partial charge in [-0.1, -0.05) is 0 Å². The number of hydrogen-bond donors (Lipinski definition) is 0. The first kappa shape index (κ1) is 48.0. The number of hydrogen-bond acceptors (Lipinski definition) is 0. The van der Waals surface area contributed by atoms with Gasteiger partial charge in [-0.25, -0.2) is 0 Å². The van der Waals surface area contributed by atoms with Crippen LogP contribution in [0.25, 0.3) is 0 Å². The maximum absolute atomic E-state index is 0. The fourth-order valence-electron chi connectivity index (χ4n) is 0. The van der Waals surface area contributed by atoms with Crippen molar-refractivity contribution in [1.29, 1.82) is 0 Å². The molecule has 0 aromatic carbocycles. The van der Waals surface area contributed by atoms with Gasteiger partial charge >= 0.3 is 0 Å². The Hall–Kier alpha value is 2.66. The summed E-state index contributed by atoms with van der Waals surface area (Å²) >= 11 is 0. The first-order valence-corrected chi connectivity index (χ1v) is 0. The minimum Gasteiger partial charge on any atom is 0 e. The Morgan fingerprint density at radius 3 is 0.400 bits per heavy atom. The first-order valence-electron chi connectivity index (χ1n) is 0. The van der Waals surface area contributed by atoms with Crippen molar-refractivity contribution in [2.24, 2.45) is 0 Å².